The molecule has 1 atom stereocenters. The number of unbranched alkanes of at least 4 members (excludes halogenated alkanes) is 6. The van der Waals surface area contributed by atoms with Crippen LogP contribution >= 0.6 is 68.0 Å². The van der Waals surface area contributed by atoms with Crippen molar-refractivity contribution in [2.24, 2.45) is 0 Å². The number of fused-ring (bicyclic) bond motifs is 1. The molecule has 0 bridgehead atoms. The van der Waals surface area contributed by atoms with Gasteiger partial charge in [-0.05, 0) is 140 Å². The molecule has 1 N–H and O–H groups in total. The Morgan fingerprint density at radius 1 is 0.515 bits per heavy atom. The van der Waals surface area contributed by atoms with Gasteiger partial charge in [-0.2, -0.15) is 0 Å². The molecular weight excluding hydrogens is 941 g/mol. The van der Waals surface area contributed by atoms with E-state index in [1.165, 1.54) is 108 Å². The maximum atomic E-state index is 15.0. The third-order valence-corrected chi connectivity index (χ3v) is 18.5. The molecule has 8 heterocycles. The van der Waals surface area contributed by atoms with Crippen LogP contribution in [0.4, 0.5) is 9.59 Å². The zero-order chi connectivity index (χ0) is 46.9. The van der Waals surface area contributed by atoms with Crippen molar-refractivity contribution in [2.75, 3.05) is 0 Å². The summed E-state index contributed by atoms with van der Waals surface area (Å²) in [7, 11) is 0. The Kier molecular flexibility index (Phi) is 14.8. The molecule has 1 unspecified atom stereocenters. The van der Waals surface area contributed by atoms with Gasteiger partial charge in [-0.25, -0.2) is 19.4 Å². The van der Waals surface area contributed by atoms with E-state index in [0.717, 1.165) is 37.3 Å². The van der Waals surface area contributed by atoms with Crippen LogP contribution in [-0.2, 0) is 27.1 Å². The third kappa shape index (κ3) is 10.6. The fraction of sp³-hybridized carbons (Fsp3) is 0.404. The molecule has 6 aromatic heterocycles. The molecule has 6 aromatic rings. The second kappa shape index (κ2) is 20.2. The summed E-state index contributed by atoms with van der Waals surface area (Å²) in [5.74, 6) is -0.678. The van der Waals surface area contributed by atoms with Crippen molar-refractivity contribution in [2.45, 2.75) is 137 Å². The van der Waals surface area contributed by atoms with E-state index in [-0.39, 0.29) is 22.5 Å². The van der Waals surface area contributed by atoms with E-state index in [1.54, 1.807) is 64.2 Å². The normalized spacial score (nSPS) is 15.5. The molecule has 66 heavy (non-hydrogen) atoms. The number of aliphatic hydroxyl groups is 1. The summed E-state index contributed by atoms with van der Waals surface area (Å²) in [6, 6.07) is 25.1. The van der Waals surface area contributed by atoms with Crippen LogP contribution in [0.3, 0.4) is 0 Å². The van der Waals surface area contributed by atoms with E-state index >= 15 is 4.79 Å². The van der Waals surface area contributed by atoms with E-state index in [9.17, 15) is 14.7 Å². The zero-order valence-electron chi connectivity index (χ0n) is 38.9. The van der Waals surface area contributed by atoms with Gasteiger partial charge >= 0.3 is 12.2 Å². The Labute approximate surface area is 412 Å². The molecule has 0 spiro atoms. The van der Waals surface area contributed by atoms with E-state index in [2.05, 4.69) is 62.4 Å². The Balaban J connectivity index is 1.16. The van der Waals surface area contributed by atoms with Crippen LogP contribution in [0.5, 0.6) is 0 Å². The summed E-state index contributed by atoms with van der Waals surface area (Å²) in [4.78, 5) is 58.4. The molecular formula is C52H58N2O6S6. The lowest BCUT2D eigenvalue weighted by atomic mass is 10.1. The molecule has 14 heteroatoms. The molecule has 0 aromatic carbocycles. The molecule has 2 aliphatic heterocycles. The first-order valence-corrected chi connectivity index (χ1v) is 27.8. The number of carbonyl (C=O) groups is 3. The van der Waals surface area contributed by atoms with Gasteiger partial charge in [0.15, 0.2) is 6.23 Å². The summed E-state index contributed by atoms with van der Waals surface area (Å²) < 4.78 is 11.8. The quantitative estimate of drug-likeness (QED) is 0.0971. The van der Waals surface area contributed by atoms with Gasteiger partial charge in [0.2, 0.25) is 0 Å². The molecule has 2 aliphatic rings. The number of thiophene rings is 6. The van der Waals surface area contributed by atoms with Crippen LogP contribution in [0.15, 0.2) is 83.9 Å². The van der Waals surface area contributed by atoms with Crippen molar-refractivity contribution < 1.29 is 29.0 Å². The molecule has 348 valence electrons. The van der Waals surface area contributed by atoms with Gasteiger partial charge in [-0.3, -0.25) is 4.79 Å². The standard InChI is InChI=1S/C52H58N2O6S6/c1-9-11-13-15-17-31-19-21-33(61-31)35-23-25-37(63-35)39-27-29-41(65-39)45-43-44(48(56)53(45)49(57)59-51(3,4)5)46(54(47(43)55)50(58)60-52(6,7)8)42-30-28-40(66-42)38-26-24-36(64-38)34-22-20-32(62-34)18-16-14-12-10-2/h19-30,47,55H,9-18H2,1-8H3. The average Bonchev–Trinajstić information content (AvgIpc) is 4.09. The van der Waals surface area contributed by atoms with Crippen LogP contribution in [0.1, 0.15) is 126 Å². The number of carbonyl (C=O) groups excluding carboxylic acids is 3. The van der Waals surface area contributed by atoms with Gasteiger partial charge in [-0.1, -0.05) is 52.4 Å². The van der Waals surface area contributed by atoms with Crippen molar-refractivity contribution in [3.63, 3.8) is 0 Å². The second-order valence-electron chi connectivity index (χ2n) is 18.6. The Morgan fingerprint density at radius 3 is 1.30 bits per heavy atom. The number of imide groups is 1. The summed E-state index contributed by atoms with van der Waals surface area (Å²) in [5.41, 5.74) is -1.21. The highest BCUT2D eigenvalue weighted by molar-refractivity contribution is 7.27. The lowest BCUT2D eigenvalue weighted by Crippen LogP contribution is -2.41. The van der Waals surface area contributed by atoms with Crippen molar-refractivity contribution in [1.82, 2.24) is 9.80 Å². The van der Waals surface area contributed by atoms with Crippen molar-refractivity contribution >= 4 is 97.5 Å². The third-order valence-electron chi connectivity index (χ3n) is 11.1. The summed E-state index contributed by atoms with van der Waals surface area (Å²) in [6.45, 7) is 15.0. The molecule has 3 amide bonds. The first-order valence-electron chi connectivity index (χ1n) is 22.9. The predicted octanol–water partition coefficient (Wildman–Crippen LogP) is 16.4. The Hall–Kier alpha value is -4.15. The number of hydrogen-bond donors (Lipinski definition) is 1. The maximum Gasteiger partial charge on any atom is 0.422 e. The number of aryl methyl sites for hydroxylation is 2. The second-order valence-corrected chi connectivity index (χ2v) is 25.3. The minimum Gasteiger partial charge on any atom is -0.443 e. The lowest BCUT2D eigenvalue weighted by Gasteiger charge is -2.29. The number of amides is 3. The Bertz CT molecular complexity index is 2770. The highest BCUT2D eigenvalue weighted by atomic mass is 32.1. The monoisotopic (exact) mass is 998 g/mol. The lowest BCUT2D eigenvalue weighted by molar-refractivity contribution is -0.122. The summed E-state index contributed by atoms with van der Waals surface area (Å²) in [5, 5.41) is 12.4. The van der Waals surface area contributed by atoms with Gasteiger partial charge in [0, 0.05) is 54.3 Å². The van der Waals surface area contributed by atoms with Crippen molar-refractivity contribution in [3.8, 4) is 39.0 Å². The van der Waals surface area contributed by atoms with Gasteiger partial charge in [0.05, 0.1) is 26.7 Å². The van der Waals surface area contributed by atoms with Crippen LogP contribution in [0, 0.1) is 0 Å². The van der Waals surface area contributed by atoms with Crippen LogP contribution in [0.25, 0.3) is 50.4 Å². The fourth-order valence-electron chi connectivity index (χ4n) is 8.03. The topological polar surface area (TPSA) is 96.4 Å². The highest BCUT2D eigenvalue weighted by Gasteiger charge is 2.54. The maximum absolute atomic E-state index is 15.0. The largest absolute Gasteiger partial charge is 0.443 e. The van der Waals surface area contributed by atoms with Gasteiger partial charge in [0.1, 0.15) is 11.2 Å². The van der Waals surface area contributed by atoms with E-state index in [0.29, 0.717) is 9.75 Å². The zero-order valence-corrected chi connectivity index (χ0v) is 43.8. The molecule has 0 radical (unpaired) electrons. The number of nitrogens with zero attached hydrogens (tertiary/aromatic N) is 2. The van der Waals surface area contributed by atoms with E-state index in [1.807, 2.05) is 46.9 Å². The first kappa shape index (κ1) is 48.3. The molecule has 0 fully saturated rings. The Morgan fingerprint density at radius 2 is 0.879 bits per heavy atom. The van der Waals surface area contributed by atoms with Gasteiger partial charge < -0.3 is 14.6 Å². The number of rotatable bonds is 16. The van der Waals surface area contributed by atoms with Crippen LogP contribution < -0.4 is 0 Å². The molecule has 8 nitrogen and oxygen atoms in total. The minimum absolute atomic E-state index is 0.0658. The highest BCUT2D eigenvalue weighted by Crippen LogP contribution is 2.53. The fourth-order valence-corrected chi connectivity index (χ4v) is 14.6. The predicted molar refractivity (Wildman–Crippen MR) is 279 cm³/mol. The average molecular weight is 999 g/mol. The number of aliphatic hydroxyl groups excluding tert-OH is 1. The molecule has 8 rings (SSSR count). The summed E-state index contributed by atoms with van der Waals surface area (Å²) >= 11 is 9.92. The smallest absolute Gasteiger partial charge is 0.422 e. The first-order chi connectivity index (χ1) is 31.5. The number of hydrogen-bond acceptors (Lipinski definition) is 12. The van der Waals surface area contributed by atoms with E-state index < -0.39 is 35.5 Å². The van der Waals surface area contributed by atoms with Crippen molar-refractivity contribution in [1.29, 1.82) is 0 Å². The van der Waals surface area contributed by atoms with Gasteiger partial charge in [-0.15, -0.1) is 68.0 Å². The number of ether oxygens (including phenoxy) is 2. The SMILES string of the molecule is CCCCCCc1ccc(-c2ccc(-c3ccc(C4=C5C(=C(c6ccc(-c7ccc(-c8ccc(CCCCCC)s8)s7)s6)N(C(=O)OC(C)(C)C)C5O)C(=O)N4C(=O)OC(C)(C)C)s3)s2)s1. The van der Waals surface area contributed by atoms with Crippen LogP contribution in [0.2, 0.25) is 0 Å². The van der Waals surface area contributed by atoms with Gasteiger partial charge in [0.25, 0.3) is 5.91 Å². The van der Waals surface area contributed by atoms with Crippen LogP contribution in [-0.4, -0.2) is 50.4 Å². The van der Waals surface area contributed by atoms with E-state index in [4.69, 9.17) is 9.47 Å². The minimum atomic E-state index is -1.64. The van der Waals surface area contributed by atoms with Crippen molar-refractivity contribution in [3.05, 3.63) is 103 Å². The molecule has 0 saturated heterocycles. The molecule has 0 aliphatic carbocycles. The molecule has 0 saturated carbocycles. The summed E-state index contributed by atoms with van der Waals surface area (Å²) in [6.07, 6.45) is 8.75.